The summed E-state index contributed by atoms with van der Waals surface area (Å²) in [5.41, 5.74) is -0.335. The van der Waals surface area contributed by atoms with Crippen molar-refractivity contribution in [1.82, 2.24) is 4.98 Å². The van der Waals surface area contributed by atoms with E-state index in [0.717, 1.165) is 6.20 Å². The summed E-state index contributed by atoms with van der Waals surface area (Å²) in [4.78, 5) is 38.7. The number of carbonyl (C=O) groups excluding carboxylic acids is 1. The van der Waals surface area contributed by atoms with Gasteiger partial charge in [-0.25, -0.2) is 9.78 Å². The largest absolute Gasteiger partial charge is 0.465 e. The van der Waals surface area contributed by atoms with Crippen molar-refractivity contribution in [3.63, 3.8) is 0 Å². The number of hydrogen-bond donors (Lipinski definition) is 0. The van der Waals surface area contributed by atoms with Crippen LogP contribution in [0.5, 0.6) is 0 Å². The van der Waals surface area contributed by atoms with Crippen LogP contribution in [0.15, 0.2) is 47.4 Å². The van der Waals surface area contributed by atoms with Gasteiger partial charge >= 0.3 is 5.97 Å². The molecule has 2 aromatic rings. The summed E-state index contributed by atoms with van der Waals surface area (Å²) >= 11 is 0. The SMILES string of the molecule is C/C=C\C=C/c1cc(C(=O)OC)cc2cc([N+](=O)[O-])cnc2c1=O. The monoisotopic (exact) mass is 326 g/mol. The van der Waals surface area contributed by atoms with Crippen LogP contribution in [0.4, 0.5) is 5.69 Å². The number of fused-ring (bicyclic) bond motifs is 1. The van der Waals surface area contributed by atoms with Gasteiger partial charge in [-0.15, -0.1) is 0 Å². The molecule has 0 unspecified atom stereocenters. The molecule has 24 heavy (non-hydrogen) atoms. The number of methoxy groups -OCH3 is 1. The Hall–Kier alpha value is -3.35. The number of carbonyl (C=O) groups is 1. The topological polar surface area (TPSA) is 99.4 Å². The van der Waals surface area contributed by atoms with E-state index >= 15 is 0 Å². The van der Waals surface area contributed by atoms with Crippen LogP contribution in [-0.4, -0.2) is 23.0 Å². The molecule has 7 heteroatoms. The van der Waals surface area contributed by atoms with E-state index in [2.05, 4.69) is 4.98 Å². The van der Waals surface area contributed by atoms with E-state index in [-0.39, 0.29) is 27.7 Å². The lowest BCUT2D eigenvalue weighted by atomic mass is 10.2. The van der Waals surface area contributed by atoms with Gasteiger partial charge < -0.3 is 4.74 Å². The summed E-state index contributed by atoms with van der Waals surface area (Å²) < 4.78 is 4.69. The number of hydrogen-bond acceptors (Lipinski definition) is 6. The Morgan fingerprint density at radius 1 is 1.29 bits per heavy atom. The van der Waals surface area contributed by atoms with Crippen molar-refractivity contribution in [3.8, 4) is 0 Å². The van der Waals surface area contributed by atoms with Crippen LogP contribution in [0.1, 0.15) is 22.8 Å². The van der Waals surface area contributed by atoms with Gasteiger partial charge in [0.25, 0.3) is 5.69 Å². The maximum atomic E-state index is 12.6. The van der Waals surface area contributed by atoms with Crippen molar-refractivity contribution >= 4 is 28.6 Å². The molecule has 0 spiro atoms. The highest BCUT2D eigenvalue weighted by molar-refractivity contribution is 5.94. The molecule has 0 N–H and O–H groups in total. The van der Waals surface area contributed by atoms with Gasteiger partial charge in [0.15, 0.2) is 0 Å². The predicted octanol–water partition coefficient (Wildman–Crippen LogP) is 2.88. The normalized spacial score (nSPS) is 11.2. The average molecular weight is 326 g/mol. The standard InChI is InChI=1S/C17H14N2O5/c1-3-4-5-6-11-7-13(17(21)24-2)8-12-9-14(19(22)23)10-18-15(12)16(11)20/h3-10H,1-2H3/b4-3-,6-5-. The van der Waals surface area contributed by atoms with Gasteiger partial charge in [0.05, 0.1) is 17.6 Å². The predicted molar refractivity (Wildman–Crippen MR) is 89.9 cm³/mol. The molecular formula is C17H14N2O5. The maximum absolute atomic E-state index is 12.6. The van der Waals surface area contributed by atoms with Crippen LogP contribution in [0.25, 0.3) is 17.0 Å². The lowest BCUT2D eigenvalue weighted by Crippen LogP contribution is -2.04. The van der Waals surface area contributed by atoms with Crippen molar-refractivity contribution in [2.75, 3.05) is 7.11 Å². The molecule has 0 atom stereocenters. The molecule has 0 aliphatic heterocycles. The molecule has 1 aromatic carbocycles. The van der Waals surface area contributed by atoms with E-state index in [1.165, 1.54) is 31.4 Å². The van der Waals surface area contributed by atoms with Crippen LogP contribution in [0.2, 0.25) is 0 Å². The molecule has 0 fully saturated rings. The van der Waals surface area contributed by atoms with E-state index in [1.54, 1.807) is 18.2 Å². The number of pyridine rings is 1. The third kappa shape index (κ3) is 3.52. The first-order chi connectivity index (χ1) is 11.5. The fourth-order valence-electron chi connectivity index (χ4n) is 2.08. The van der Waals surface area contributed by atoms with Crippen LogP contribution < -0.4 is 5.43 Å². The Kier molecular flexibility index (Phi) is 5.16. The van der Waals surface area contributed by atoms with E-state index in [0.29, 0.717) is 0 Å². The zero-order valence-electron chi connectivity index (χ0n) is 13.1. The molecule has 0 bridgehead atoms. The van der Waals surface area contributed by atoms with Gasteiger partial charge in [0.1, 0.15) is 11.7 Å². The van der Waals surface area contributed by atoms with Gasteiger partial charge in [-0.1, -0.05) is 24.3 Å². The molecule has 0 amide bonds. The number of esters is 1. The first kappa shape index (κ1) is 17.0. The molecule has 1 heterocycles. The lowest BCUT2D eigenvalue weighted by molar-refractivity contribution is -0.385. The molecule has 2 rings (SSSR count). The van der Waals surface area contributed by atoms with Crippen molar-refractivity contribution in [2.45, 2.75) is 6.92 Å². The minimum absolute atomic E-state index is 0.0379. The molecule has 122 valence electrons. The molecule has 0 aliphatic carbocycles. The van der Waals surface area contributed by atoms with Crippen molar-refractivity contribution in [3.05, 3.63) is 74.1 Å². The molecule has 7 nitrogen and oxygen atoms in total. The number of rotatable bonds is 4. The van der Waals surface area contributed by atoms with Crippen LogP contribution in [-0.2, 0) is 4.74 Å². The molecule has 0 radical (unpaired) electrons. The van der Waals surface area contributed by atoms with E-state index < -0.39 is 16.3 Å². The second-order valence-corrected chi connectivity index (χ2v) is 4.79. The van der Waals surface area contributed by atoms with E-state index in [4.69, 9.17) is 4.74 Å². The first-order valence-corrected chi connectivity index (χ1v) is 6.98. The Morgan fingerprint density at radius 3 is 2.67 bits per heavy atom. The number of nitro groups is 1. The van der Waals surface area contributed by atoms with Crippen LogP contribution in [0, 0.1) is 10.1 Å². The summed E-state index contributed by atoms with van der Waals surface area (Å²) in [5.74, 6) is -0.654. The quantitative estimate of drug-likeness (QED) is 0.371. The summed E-state index contributed by atoms with van der Waals surface area (Å²) in [7, 11) is 1.21. The minimum Gasteiger partial charge on any atom is -0.465 e. The fourth-order valence-corrected chi connectivity index (χ4v) is 2.08. The van der Waals surface area contributed by atoms with Crippen molar-refractivity contribution in [2.24, 2.45) is 0 Å². The first-order valence-electron chi connectivity index (χ1n) is 6.98. The molecule has 0 aliphatic rings. The fraction of sp³-hybridized carbons (Fsp3) is 0.118. The number of allylic oxidation sites excluding steroid dienone is 3. The average Bonchev–Trinajstić information content (AvgIpc) is 2.71. The highest BCUT2D eigenvalue weighted by Gasteiger charge is 2.14. The Balaban J connectivity index is 2.86. The summed E-state index contributed by atoms with van der Waals surface area (Å²) in [6.45, 7) is 1.82. The molecule has 1 aromatic heterocycles. The smallest absolute Gasteiger partial charge is 0.337 e. The van der Waals surface area contributed by atoms with Gasteiger partial charge in [-0.05, 0) is 19.1 Å². The van der Waals surface area contributed by atoms with Gasteiger partial charge in [0.2, 0.25) is 5.43 Å². The highest BCUT2D eigenvalue weighted by Crippen LogP contribution is 2.18. The van der Waals surface area contributed by atoms with Gasteiger partial charge in [-0.3, -0.25) is 14.9 Å². The zero-order valence-corrected chi connectivity index (χ0v) is 13.1. The maximum Gasteiger partial charge on any atom is 0.337 e. The third-order valence-corrected chi connectivity index (χ3v) is 3.21. The van der Waals surface area contributed by atoms with E-state index in [1.807, 2.05) is 6.92 Å². The summed E-state index contributed by atoms with van der Waals surface area (Å²) in [6, 6.07) is 3.94. The van der Waals surface area contributed by atoms with Gasteiger partial charge in [-0.2, -0.15) is 0 Å². The van der Waals surface area contributed by atoms with Crippen LogP contribution in [0.3, 0.4) is 0 Å². The number of nitrogens with zero attached hydrogens (tertiary/aromatic N) is 2. The van der Waals surface area contributed by atoms with Crippen molar-refractivity contribution in [1.29, 1.82) is 0 Å². The summed E-state index contributed by atoms with van der Waals surface area (Å²) in [6.07, 6.45) is 7.71. The van der Waals surface area contributed by atoms with Crippen LogP contribution >= 0.6 is 0 Å². The molecule has 0 saturated heterocycles. The Labute approximate surface area is 137 Å². The third-order valence-electron chi connectivity index (χ3n) is 3.21. The minimum atomic E-state index is -0.654. The number of ether oxygens (including phenoxy) is 1. The van der Waals surface area contributed by atoms with Crippen molar-refractivity contribution < 1.29 is 14.5 Å². The number of aromatic nitrogens is 1. The second-order valence-electron chi connectivity index (χ2n) is 4.79. The highest BCUT2D eigenvalue weighted by atomic mass is 16.6. The molecular weight excluding hydrogens is 312 g/mol. The summed E-state index contributed by atoms with van der Waals surface area (Å²) in [5, 5.41) is 11.1. The van der Waals surface area contributed by atoms with E-state index in [9.17, 15) is 19.7 Å². The second kappa shape index (κ2) is 7.28. The molecule has 0 saturated carbocycles. The lowest BCUT2D eigenvalue weighted by Gasteiger charge is -1.96. The Morgan fingerprint density at radius 2 is 2.04 bits per heavy atom. The zero-order chi connectivity index (χ0) is 17.7. The Bertz CT molecular complexity index is 932. The van der Waals surface area contributed by atoms with Gasteiger partial charge in [0, 0.05) is 17.0 Å².